The van der Waals surface area contributed by atoms with Gasteiger partial charge in [0.05, 0.1) is 6.54 Å². The van der Waals surface area contributed by atoms with E-state index in [1.54, 1.807) is 23.3 Å². The van der Waals surface area contributed by atoms with Gasteiger partial charge >= 0.3 is 5.69 Å². The first-order valence-electron chi connectivity index (χ1n) is 9.42. The molecule has 0 bridgehead atoms. The van der Waals surface area contributed by atoms with Gasteiger partial charge in [0.25, 0.3) is 5.56 Å². The average Bonchev–Trinajstić information content (AvgIpc) is 3.02. The van der Waals surface area contributed by atoms with Crippen molar-refractivity contribution < 1.29 is 0 Å². The number of fused-ring (bicyclic) bond motifs is 1. The van der Waals surface area contributed by atoms with Crippen LogP contribution >= 0.6 is 0 Å². The fourth-order valence-corrected chi connectivity index (χ4v) is 3.88. The third-order valence-electron chi connectivity index (χ3n) is 5.57. The summed E-state index contributed by atoms with van der Waals surface area (Å²) in [6, 6.07) is 9.56. The van der Waals surface area contributed by atoms with Crippen molar-refractivity contribution in [1.82, 2.24) is 18.9 Å². The maximum Gasteiger partial charge on any atom is 0.331 e. The van der Waals surface area contributed by atoms with Crippen LogP contribution in [-0.4, -0.2) is 32.0 Å². The first-order valence-corrected chi connectivity index (χ1v) is 9.42. The van der Waals surface area contributed by atoms with E-state index in [0.717, 1.165) is 37.3 Å². The monoisotopic (exact) mass is 367 g/mol. The smallest absolute Gasteiger partial charge is 0.331 e. The van der Waals surface area contributed by atoms with Crippen molar-refractivity contribution in [3.63, 3.8) is 0 Å². The van der Waals surface area contributed by atoms with E-state index in [9.17, 15) is 9.59 Å². The molecule has 3 heterocycles. The molecule has 1 fully saturated rings. The lowest BCUT2D eigenvalue weighted by atomic mass is 9.99. The molecule has 4 rings (SSSR count). The first-order chi connectivity index (χ1) is 13.0. The van der Waals surface area contributed by atoms with Crippen molar-refractivity contribution in [1.29, 1.82) is 0 Å². The number of aromatic nitrogens is 4. The van der Waals surface area contributed by atoms with Gasteiger partial charge in [0.1, 0.15) is 5.52 Å². The highest BCUT2D eigenvalue weighted by Crippen LogP contribution is 2.27. The zero-order valence-corrected chi connectivity index (χ0v) is 16.1. The molecule has 1 saturated heterocycles. The molecule has 0 spiro atoms. The number of rotatable bonds is 3. The van der Waals surface area contributed by atoms with Crippen molar-refractivity contribution in [2.24, 2.45) is 20.0 Å². The minimum absolute atomic E-state index is 0.254. The Balaban J connectivity index is 1.87. The van der Waals surface area contributed by atoms with Crippen LogP contribution < -0.4 is 16.1 Å². The fraction of sp³-hybridized carbons (Fsp3) is 0.450. The minimum Gasteiger partial charge on any atom is -0.353 e. The van der Waals surface area contributed by atoms with Gasteiger partial charge in [0.15, 0.2) is 11.3 Å². The van der Waals surface area contributed by atoms with Crippen LogP contribution in [0.25, 0.3) is 11.0 Å². The molecule has 1 aromatic carbocycles. The van der Waals surface area contributed by atoms with E-state index in [4.69, 9.17) is 0 Å². The van der Waals surface area contributed by atoms with Crippen molar-refractivity contribution >= 4 is 16.9 Å². The van der Waals surface area contributed by atoms with E-state index in [0.29, 0.717) is 17.0 Å². The van der Waals surface area contributed by atoms with Gasteiger partial charge in [-0.1, -0.05) is 37.3 Å². The molecule has 0 N–H and O–H groups in total. The molecule has 0 saturated carbocycles. The van der Waals surface area contributed by atoms with E-state index in [-0.39, 0.29) is 17.8 Å². The second-order valence-electron chi connectivity index (χ2n) is 7.53. The van der Waals surface area contributed by atoms with Crippen LogP contribution in [-0.2, 0) is 20.6 Å². The van der Waals surface area contributed by atoms with E-state index >= 15 is 0 Å². The summed E-state index contributed by atoms with van der Waals surface area (Å²) in [5.74, 6) is 1.44. The summed E-state index contributed by atoms with van der Waals surface area (Å²) in [5, 5.41) is 4.62. The van der Waals surface area contributed by atoms with Gasteiger partial charge in [-0.25, -0.2) is 4.79 Å². The molecule has 7 nitrogen and oxygen atoms in total. The molecule has 1 aliphatic rings. The van der Waals surface area contributed by atoms with Gasteiger partial charge in [-0.05, 0) is 24.3 Å². The fourth-order valence-electron chi connectivity index (χ4n) is 3.88. The molecular formula is C20H25N5O2. The number of hydrogen-bond acceptors (Lipinski definition) is 4. The van der Waals surface area contributed by atoms with Crippen LogP contribution in [0.5, 0.6) is 0 Å². The van der Waals surface area contributed by atoms with E-state index in [1.807, 2.05) is 30.3 Å². The van der Waals surface area contributed by atoms with Crippen LogP contribution in [0, 0.1) is 5.92 Å². The normalized spacial score (nSPS) is 15.6. The van der Waals surface area contributed by atoms with Gasteiger partial charge in [-0.3, -0.25) is 18.6 Å². The van der Waals surface area contributed by atoms with Gasteiger partial charge in [-0.15, -0.1) is 0 Å². The number of piperidine rings is 1. The summed E-state index contributed by atoms with van der Waals surface area (Å²) in [6.07, 6.45) is 2.19. The Labute approximate surface area is 157 Å². The van der Waals surface area contributed by atoms with Crippen molar-refractivity contribution in [3.8, 4) is 0 Å². The molecule has 0 amide bonds. The molecule has 3 aromatic rings. The van der Waals surface area contributed by atoms with Crippen LogP contribution in [0.2, 0.25) is 0 Å². The topological polar surface area (TPSA) is 65.1 Å². The number of anilines is 1. The predicted octanol–water partition coefficient (Wildman–Crippen LogP) is 1.72. The third-order valence-corrected chi connectivity index (χ3v) is 5.57. The zero-order valence-electron chi connectivity index (χ0n) is 16.1. The minimum atomic E-state index is -0.309. The van der Waals surface area contributed by atoms with Crippen LogP contribution in [0.4, 0.5) is 5.82 Å². The Morgan fingerprint density at radius 1 is 1.04 bits per heavy atom. The quantitative estimate of drug-likeness (QED) is 0.707. The molecule has 0 atom stereocenters. The molecule has 7 heteroatoms. The number of aryl methyl sites for hydroxylation is 2. The second-order valence-corrected chi connectivity index (χ2v) is 7.53. The van der Waals surface area contributed by atoms with Gasteiger partial charge in [0, 0.05) is 27.2 Å². The van der Waals surface area contributed by atoms with Crippen LogP contribution in [0.3, 0.4) is 0 Å². The summed E-state index contributed by atoms with van der Waals surface area (Å²) in [4.78, 5) is 28.3. The van der Waals surface area contributed by atoms with E-state index in [2.05, 4.69) is 16.9 Å². The highest BCUT2D eigenvalue weighted by molar-refractivity contribution is 5.86. The number of benzene rings is 1. The van der Waals surface area contributed by atoms with Crippen molar-refractivity contribution in [3.05, 3.63) is 56.7 Å². The van der Waals surface area contributed by atoms with Crippen molar-refractivity contribution in [2.75, 3.05) is 18.0 Å². The molecule has 27 heavy (non-hydrogen) atoms. The van der Waals surface area contributed by atoms with E-state index in [1.165, 1.54) is 4.57 Å². The molecule has 0 unspecified atom stereocenters. The standard InChI is InChI=1S/C20H25N5O2/c1-14-9-11-24(12-10-14)18-16-17(23(3)21-18)19(26)25(20(27)22(16)2)13-15-7-5-4-6-8-15/h4-8,14H,9-13H2,1-3H3. The highest BCUT2D eigenvalue weighted by Gasteiger charge is 2.25. The maximum atomic E-state index is 13.1. The average molecular weight is 367 g/mol. The zero-order chi connectivity index (χ0) is 19.1. The Kier molecular flexibility index (Phi) is 4.37. The lowest BCUT2D eigenvalue weighted by molar-refractivity contribution is 0.436. The lowest BCUT2D eigenvalue weighted by Crippen LogP contribution is -2.40. The predicted molar refractivity (Wildman–Crippen MR) is 106 cm³/mol. The Morgan fingerprint density at radius 2 is 1.70 bits per heavy atom. The largest absolute Gasteiger partial charge is 0.353 e. The Morgan fingerprint density at radius 3 is 2.37 bits per heavy atom. The number of hydrogen-bond donors (Lipinski definition) is 0. The molecular weight excluding hydrogens is 342 g/mol. The first kappa shape index (κ1) is 17.6. The number of nitrogens with zero attached hydrogens (tertiary/aromatic N) is 5. The van der Waals surface area contributed by atoms with Crippen molar-refractivity contribution in [2.45, 2.75) is 26.3 Å². The van der Waals surface area contributed by atoms with Gasteiger partial charge in [-0.2, -0.15) is 5.10 Å². The van der Waals surface area contributed by atoms with Crippen LogP contribution in [0.15, 0.2) is 39.9 Å². The lowest BCUT2D eigenvalue weighted by Gasteiger charge is -2.30. The molecule has 2 aromatic heterocycles. The van der Waals surface area contributed by atoms with E-state index < -0.39 is 0 Å². The molecule has 0 aliphatic carbocycles. The summed E-state index contributed by atoms with van der Waals surface area (Å²) in [5.41, 5.74) is 1.43. The Hall–Kier alpha value is -2.83. The molecule has 0 radical (unpaired) electrons. The summed E-state index contributed by atoms with van der Waals surface area (Å²) < 4.78 is 4.48. The van der Waals surface area contributed by atoms with Gasteiger partial charge in [0.2, 0.25) is 0 Å². The Bertz CT molecular complexity index is 1090. The SMILES string of the molecule is CC1CCN(c2nn(C)c3c(=O)n(Cc4ccccc4)c(=O)n(C)c23)CC1. The molecule has 1 aliphatic heterocycles. The highest BCUT2D eigenvalue weighted by atomic mass is 16.2. The third kappa shape index (κ3) is 2.97. The maximum absolute atomic E-state index is 13.1. The summed E-state index contributed by atoms with van der Waals surface area (Å²) in [6.45, 7) is 4.30. The summed E-state index contributed by atoms with van der Waals surface area (Å²) in [7, 11) is 3.50. The second kappa shape index (κ2) is 6.72. The summed E-state index contributed by atoms with van der Waals surface area (Å²) >= 11 is 0. The van der Waals surface area contributed by atoms with Crippen LogP contribution in [0.1, 0.15) is 25.3 Å². The van der Waals surface area contributed by atoms with Gasteiger partial charge < -0.3 is 4.90 Å². The molecule has 142 valence electrons.